The maximum atomic E-state index is 12.7. The monoisotopic (exact) mass is 359 g/mol. The Hall–Kier alpha value is -2.08. The van der Waals surface area contributed by atoms with Gasteiger partial charge in [-0.25, -0.2) is 4.98 Å². The van der Waals surface area contributed by atoms with Gasteiger partial charge < -0.3 is 15.2 Å². The molecule has 0 spiro atoms. The fourth-order valence-corrected chi connectivity index (χ4v) is 3.63. The van der Waals surface area contributed by atoms with E-state index in [0.717, 1.165) is 5.75 Å². The van der Waals surface area contributed by atoms with Crippen LogP contribution in [0.5, 0.6) is 5.75 Å². The lowest BCUT2D eigenvalue weighted by Gasteiger charge is -2.21. The highest BCUT2D eigenvalue weighted by Crippen LogP contribution is 2.27. The van der Waals surface area contributed by atoms with Crippen molar-refractivity contribution in [3.8, 4) is 5.75 Å². The molecule has 0 bridgehead atoms. The van der Waals surface area contributed by atoms with E-state index in [-0.39, 0.29) is 18.6 Å². The number of nitrogens with zero attached hydrogens (tertiary/aromatic N) is 2. The second-order valence-electron chi connectivity index (χ2n) is 7.19. The predicted octanol–water partition coefficient (Wildman–Crippen LogP) is 3.10. The Bertz CT molecular complexity index is 746. The van der Waals surface area contributed by atoms with Crippen LogP contribution in [0.25, 0.3) is 5.65 Å². The summed E-state index contributed by atoms with van der Waals surface area (Å²) in [5.41, 5.74) is 1.82. The van der Waals surface area contributed by atoms with Crippen molar-refractivity contribution >= 4 is 11.6 Å². The molecule has 1 aliphatic carbocycles. The summed E-state index contributed by atoms with van der Waals surface area (Å²) in [5, 5.41) is 12.2. The number of carbonyl (C=O) groups excluding carboxylic acids is 1. The topological polar surface area (TPSA) is 75.9 Å². The Kier molecular flexibility index (Phi) is 6.14. The van der Waals surface area contributed by atoms with Crippen molar-refractivity contribution in [2.75, 3.05) is 13.2 Å². The maximum Gasteiger partial charge on any atom is 0.270 e. The van der Waals surface area contributed by atoms with E-state index in [9.17, 15) is 9.90 Å². The maximum absolute atomic E-state index is 12.7. The number of carbonyl (C=O) groups is 1. The summed E-state index contributed by atoms with van der Waals surface area (Å²) in [4.78, 5) is 17.2. The lowest BCUT2D eigenvalue weighted by atomic mass is 9.90. The molecule has 26 heavy (non-hydrogen) atoms. The number of pyridine rings is 1. The first kappa shape index (κ1) is 18.7. The molecule has 3 rings (SSSR count). The highest BCUT2D eigenvalue weighted by Gasteiger charge is 2.21. The minimum atomic E-state index is -0.252. The van der Waals surface area contributed by atoms with Crippen LogP contribution in [0.15, 0.2) is 18.3 Å². The van der Waals surface area contributed by atoms with Crippen molar-refractivity contribution in [1.82, 2.24) is 14.7 Å². The van der Waals surface area contributed by atoms with Crippen LogP contribution in [0.3, 0.4) is 0 Å². The average Bonchev–Trinajstić information content (AvgIpc) is 3.01. The molecule has 1 aliphatic rings. The Morgan fingerprint density at radius 3 is 2.88 bits per heavy atom. The highest BCUT2D eigenvalue weighted by molar-refractivity contribution is 5.95. The number of aliphatic hydroxyl groups excluding tert-OH is 1. The molecule has 2 N–H and O–H groups in total. The van der Waals surface area contributed by atoms with Gasteiger partial charge in [0.15, 0.2) is 11.4 Å². The van der Waals surface area contributed by atoms with Crippen molar-refractivity contribution < 1.29 is 14.6 Å². The molecule has 0 saturated heterocycles. The number of imidazole rings is 1. The van der Waals surface area contributed by atoms with Crippen LogP contribution in [0.1, 0.15) is 61.6 Å². The van der Waals surface area contributed by atoms with Crippen LogP contribution < -0.4 is 10.1 Å². The normalized spacial score (nSPS) is 16.6. The molecule has 1 fully saturated rings. The molecule has 1 amide bonds. The van der Waals surface area contributed by atoms with E-state index in [1.165, 1.54) is 32.1 Å². The number of nitrogens with one attached hydrogen (secondary N) is 1. The minimum absolute atomic E-state index is 0.0756. The molecular formula is C20H29N3O3. The number of ether oxygens (including phenoxy) is 1. The van der Waals surface area contributed by atoms with E-state index in [1.807, 2.05) is 32.2 Å². The Labute approximate surface area is 154 Å². The van der Waals surface area contributed by atoms with Gasteiger partial charge in [-0.15, -0.1) is 0 Å². The third-order valence-corrected chi connectivity index (χ3v) is 5.25. The quantitative estimate of drug-likeness (QED) is 0.796. The van der Waals surface area contributed by atoms with Crippen LogP contribution in [0.4, 0.5) is 0 Å². The summed E-state index contributed by atoms with van der Waals surface area (Å²) < 4.78 is 7.86. The summed E-state index contributed by atoms with van der Waals surface area (Å²) in [6.07, 6.45) is 8.86. The average molecular weight is 359 g/mol. The first-order chi connectivity index (χ1) is 12.6. The number of amides is 1. The van der Waals surface area contributed by atoms with Gasteiger partial charge >= 0.3 is 0 Å². The van der Waals surface area contributed by atoms with Crippen molar-refractivity contribution in [3.63, 3.8) is 0 Å². The van der Waals surface area contributed by atoms with Crippen molar-refractivity contribution in [2.24, 2.45) is 5.92 Å². The third-order valence-electron chi connectivity index (χ3n) is 5.25. The Morgan fingerprint density at radius 2 is 2.19 bits per heavy atom. The SMILES string of the molecule is CC[C@@H](CO)NC(=O)c1c(C)nc2c(OCC3CCCCC3)cccn12. The Morgan fingerprint density at radius 1 is 1.42 bits per heavy atom. The van der Waals surface area contributed by atoms with Gasteiger partial charge in [0.2, 0.25) is 0 Å². The molecule has 0 aromatic carbocycles. The number of aliphatic hydroxyl groups is 1. The fourth-order valence-electron chi connectivity index (χ4n) is 3.63. The van der Waals surface area contributed by atoms with E-state index >= 15 is 0 Å². The van der Waals surface area contributed by atoms with E-state index in [2.05, 4.69) is 10.3 Å². The summed E-state index contributed by atoms with van der Waals surface area (Å²) in [5.74, 6) is 1.10. The number of aromatic nitrogens is 2. The molecule has 1 saturated carbocycles. The molecule has 2 aromatic heterocycles. The number of hydrogen-bond donors (Lipinski definition) is 2. The summed E-state index contributed by atoms with van der Waals surface area (Å²) >= 11 is 0. The Balaban J connectivity index is 1.81. The lowest BCUT2D eigenvalue weighted by Crippen LogP contribution is -2.37. The van der Waals surface area contributed by atoms with Gasteiger partial charge in [0, 0.05) is 6.20 Å². The van der Waals surface area contributed by atoms with E-state index in [4.69, 9.17) is 4.74 Å². The van der Waals surface area contributed by atoms with E-state index in [0.29, 0.717) is 36.0 Å². The largest absolute Gasteiger partial charge is 0.489 e. The number of aryl methyl sites for hydroxylation is 1. The summed E-state index contributed by atoms with van der Waals surface area (Å²) in [6.45, 7) is 4.38. The second kappa shape index (κ2) is 8.54. The van der Waals surface area contributed by atoms with Crippen LogP contribution >= 0.6 is 0 Å². The summed E-state index contributed by atoms with van der Waals surface area (Å²) in [7, 11) is 0. The highest BCUT2D eigenvalue weighted by atomic mass is 16.5. The molecule has 0 aliphatic heterocycles. The molecule has 6 heteroatoms. The zero-order valence-electron chi connectivity index (χ0n) is 15.7. The van der Waals surface area contributed by atoms with Crippen LogP contribution in [-0.4, -0.2) is 39.7 Å². The van der Waals surface area contributed by atoms with Gasteiger partial charge in [0.25, 0.3) is 5.91 Å². The molecular weight excluding hydrogens is 330 g/mol. The zero-order chi connectivity index (χ0) is 18.5. The molecule has 0 unspecified atom stereocenters. The third kappa shape index (κ3) is 4.01. The van der Waals surface area contributed by atoms with E-state index in [1.54, 1.807) is 4.40 Å². The first-order valence-corrected chi connectivity index (χ1v) is 9.66. The van der Waals surface area contributed by atoms with E-state index < -0.39 is 0 Å². The van der Waals surface area contributed by atoms with Crippen LogP contribution in [0.2, 0.25) is 0 Å². The lowest BCUT2D eigenvalue weighted by molar-refractivity contribution is 0.0908. The standard InChI is InChI=1S/C20H29N3O3/c1-3-16(12-24)22-20(25)18-14(2)21-19-17(10-7-11-23(18)19)26-13-15-8-5-4-6-9-15/h7,10-11,15-16,24H,3-6,8-9,12-13H2,1-2H3,(H,22,25)/t16-/m0/s1. The number of rotatable bonds is 7. The summed E-state index contributed by atoms with van der Waals surface area (Å²) in [6, 6.07) is 3.54. The predicted molar refractivity (Wildman–Crippen MR) is 101 cm³/mol. The van der Waals surface area contributed by atoms with Gasteiger partial charge in [-0.2, -0.15) is 0 Å². The smallest absolute Gasteiger partial charge is 0.270 e. The van der Waals surface area contributed by atoms with Crippen molar-refractivity contribution in [1.29, 1.82) is 0 Å². The number of fused-ring (bicyclic) bond motifs is 1. The molecule has 2 heterocycles. The zero-order valence-corrected chi connectivity index (χ0v) is 15.7. The van der Waals surface area contributed by atoms with Gasteiger partial charge in [-0.3, -0.25) is 9.20 Å². The molecule has 0 radical (unpaired) electrons. The fraction of sp³-hybridized carbons (Fsp3) is 0.600. The van der Waals surface area contributed by atoms with Crippen molar-refractivity contribution in [2.45, 2.75) is 58.4 Å². The molecule has 2 aromatic rings. The van der Waals surface area contributed by atoms with Gasteiger partial charge in [0.1, 0.15) is 5.69 Å². The van der Waals surface area contributed by atoms with Crippen molar-refractivity contribution in [3.05, 3.63) is 29.7 Å². The molecule has 6 nitrogen and oxygen atoms in total. The van der Waals surface area contributed by atoms with Gasteiger partial charge in [-0.1, -0.05) is 26.2 Å². The van der Waals surface area contributed by atoms with Gasteiger partial charge in [-0.05, 0) is 44.2 Å². The minimum Gasteiger partial charge on any atom is -0.489 e. The first-order valence-electron chi connectivity index (χ1n) is 9.66. The second-order valence-corrected chi connectivity index (χ2v) is 7.19. The molecule has 1 atom stereocenters. The van der Waals surface area contributed by atoms with Crippen LogP contribution in [0, 0.1) is 12.8 Å². The number of hydrogen-bond acceptors (Lipinski definition) is 4. The van der Waals surface area contributed by atoms with Gasteiger partial charge in [0.05, 0.1) is 24.9 Å². The molecule has 142 valence electrons. The van der Waals surface area contributed by atoms with Crippen LogP contribution in [-0.2, 0) is 0 Å².